The Bertz CT molecular complexity index is 1020. The zero-order valence-corrected chi connectivity index (χ0v) is 15.9. The Morgan fingerprint density at radius 3 is 2.13 bits per heavy atom. The van der Waals surface area contributed by atoms with Crippen molar-refractivity contribution in [2.75, 3.05) is 7.05 Å². The van der Waals surface area contributed by atoms with Crippen molar-refractivity contribution in [3.8, 4) is 0 Å². The highest BCUT2D eigenvalue weighted by atomic mass is 19.3. The third kappa shape index (κ3) is 4.02. The zero-order valence-electron chi connectivity index (χ0n) is 15.9. The lowest BCUT2D eigenvalue weighted by Gasteiger charge is -2.35. The van der Waals surface area contributed by atoms with Crippen molar-refractivity contribution in [3.05, 3.63) is 76.6 Å². The van der Waals surface area contributed by atoms with Gasteiger partial charge in [-0.15, -0.1) is 10.2 Å². The molecule has 1 N–H and O–H groups in total. The molecule has 1 heterocycles. The molecule has 0 saturated carbocycles. The van der Waals surface area contributed by atoms with Crippen LogP contribution in [0.2, 0.25) is 0 Å². The molecule has 5 nitrogen and oxygen atoms in total. The second-order valence-corrected chi connectivity index (χ2v) is 6.69. The van der Waals surface area contributed by atoms with Crippen LogP contribution in [0.3, 0.4) is 0 Å². The van der Waals surface area contributed by atoms with E-state index >= 15 is 0 Å². The van der Waals surface area contributed by atoms with E-state index in [1.54, 1.807) is 0 Å². The van der Waals surface area contributed by atoms with Gasteiger partial charge < -0.3 is 5.32 Å². The molecule has 1 atom stereocenters. The molecule has 30 heavy (non-hydrogen) atoms. The van der Waals surface area contributed by atoms with Gasteiger partial charge in [0.1, 0.15) is 11.6 Å². The first-order chi connectivity index (χ1) is 14.1. The fraction of sp³-hybridized carbons (Fsp3) is 0.316. The maximum absolute atomic E-state index is 14.3. The number of hydrogen-bond acceptors (Lipinski definition) is 4. The van der Waals surface area contributed by atoms with Gasteiger partial charge in [0.2, 0.25) is 0 Å². The molecule has 0 spiro atoms. The number of nitrogens with one attached hydrogen (secondary N) is 1. The number of halogens is 6. The third-order valence-electron chi connectivity index (χ3n) is 4.79. The minimum Gasteiger partial charge on any atom is -0.306 e. The van der Waals surface area contributed by atoms with Crippen molar-refractivity contribution < 1.29 is 26.3 Å². The smallest absolute Gasteiger partial charge is 0.306 e. The number of likely N-dealkylation sites (N-methyl/N-ethyl adjacent to an activating group) is 1. The molecule has 0 bridgehead atoms. The number of rotatable bonds is 7. The second-order valence-electron chi connectivity index (χ2n) is 6.69. The van der Waals surface area contributed by atoms with Crippen molar-refractivity contribution in [2.45, 2.75) is 24.3 Å². The summed E-state index contributed by atoms with van der Waals surface area (Å²) < 4.78 is 81.6. The highest BCUT2D eigenvalue weighted by molar-refractivity contribution is 5.42. The average molecular weight is 429 g/mol. The monoisotopic (exact) mass is 429 g/mol. The van der Waals surface area contributed by atoms with Crippen LogP contribution in [0.15, 0.2) is 42.5 Å². The Morgan fingerprint density at radius 2 is 1.60 bits per heavy atom. The number of alkyl halides is 4. The predicted molar refractivity (Wildman–Crippen MR) is 95.0 cm³/mol. The number of hydrogen-bond donors (Lipinski definition) is 1. The Balaban J connectivity index is 2.24. The van der Waals surface area contributed by atoms with E-state index in [4.69, 9.17) is 0 Å². The lowest BCUT2D eigenvalue weighted by Crippen LogP contribution is -2.44. The van der Waals surface area contributed by atoms with Crippen molar-refractivity contribution in [1.82, 2.24) is 25.5 Å². The molecule has 0 unspecified atom stereocenters. The largest absolute Gasteiger partial charge is 0.332 e. The first-order valence-corrected chi connectivity index (χ1v) is 8.74. The van der Waals surface area contributed by atoms with Crippen LogP contribution < -0.4 is 5.32 Å². The standard InChI is InChI=1S/C19H17F6N5/c1-26-18(10-16-27-29-30(2)28-16,11-3-5-14(20)6-4-11)12-7-13(9-15(21)8-12)19(24,25)17(22)23/h3-9,17,26H,10H2,1-2H3/t18-/m1/s1. The summed E-state index contributed by atoms with van der Waals surface area (Å²) in [5, 5.41) is 14.5. The average Bonchev–Trinajstić information content (AvgIpc) is 3.10. The number of tetrazole rings is 1. The van der Waals surface area contributed by atoms with Crippen LogP contribution in [0.1, 0.15) is 22.5 Å². The van der Waals surface area contributed by atoms with Crippen molar-refractivity contribution >= 4 is 0 Å². The molecule has 160 valence electrons. The summed E-state index contributed by atoms with van der Waals surface area (Å²) in [6, 6.07) is 7.13. The Hall–Kier alpha value is -2.95. The van der Waals surface area contributed by atoms with E-state index in [1.165, 1.54) is 31.0 Å². The van der Waals surface area contributed by atoms with Gasteiger partial charge in [0.15, 0.2) is 5.82 Å². The fourth-order valence-electron chi connectivity index (χ4n) is 3.27. The van der Waals surface area contributed by atoms with Crippen LogP contribution in [-0.2, 0) is 24.9 Å². The highest BCUT2D eigenvalue weighted by Crippen LogP contribution is 2.39. The summed E-state index contributed by atoms with van der Waals surface area (Å²) in [4.78, 5) is 1.17. The van der Waals surface area contributed by atoms with E-state index in [9.17, 15) is 26.3 Å². The van der Waals surface area contributed by atoms with Crippen LogP contribution in [0.5, 0.6) is 0 Å². The molecule has 0 fully saturated rings. The Labute approximate surface area is 167 Å². The van der Waals surface area contributed by atoms with E-state index in [-0.39, 0.29) is 17.8 Å². The summed E-state index contributed by atoms with van der Waals surface area (Å²) in [5.74, 6) is -6.07. The maximum atomic E-state index is 14.3. The molecule has 0 amide bonds. The molecule has 0 aliphatic carbocycles. The lowest BCUT2D eigenvalue weighted by molar-refractivity contribution is -0.135. The fourth-order valence-corrected chi connectivity index (χ4v) is 3.27. The van der Waals surface area contributed by atoms with Gasteiger partial charge >= 0.3 is 12.3 Å². The first-order valence-electron chi connectivity index (χ1n) is 8.74. The molecule has 3 aromatic rings. The number of aryl methyl sites for hydroxylation is 1. The van der Waals surface area contributed by atoms with Gasteiger partial charge in [0.25, 0.3) is 0 Å². The van der Waals surface area contributed by atoms with E-state index in [1.807, 2.05) is 0 Å². The normalized spacial score (nSPS) is 14.2. The van der Waals surface area contributed by atoms with Crippen LogP contribution in [0, 0.1) is 11.6 Å². The molecule has 0 saturated heterocycles. The summed E-state index contributed by atoms with van der Waals surface area (Å²) in [6.45, 7) is 0. The van der Waals surface area contributed by atoms with Gasteiger partial charge in [-0.05, 0) is 53.7 Å². The third-order valence-corrected chi connectivity index (χ3v) is 4.79. The van der Waals surface area contributed by atoms with Gasteiger partial charge in [0, 0.05) is 12.0 Å². The van der Waals surface area contributed by atoms with Gasteiger partial charge in [-0.25, -0.2) is 17.6 Å². The first kappa shape index (κ1) is 21.8. The molecule has 0 radical (unpaired) electrons. The van der Waals surface area contributed by atoms with E-state index in [0.29, 0.717) is 11.6 Å². The van der Waals surface area contributed by atoms with Gasteiger partial charge in [-0.2, -0.15) is 13.6 Å². The van der Waals surface area contributed by atoms with E-state index < -0.39 is 35.1 Å². The SMILES string of the molecule is CN[C@](Cc1nnn(C)n1)(c1ccc(F)cc1)c1cc(F)cc(C(F)(F)C(F)F)c1. The highest BCUT2D eigenvalue weighted by Gasteiger charge is 2.44. The Kier molecular flexibility index (Phi) is 5.84. The Morgan fingerprint density at radius 1 is 0.967 bits per heavy atom. The molecular formula is C19H17F6N5. The maximum Gasteiger partial charge on any atom is 0.332 e. The zero-order chi connectivity index (χ0) is 22.1. The molecule has 0 aliphatic heterocycles. The predicted octanol–water partition coefficient (Wildman–Crippen LogP) is 3.55. The molecule has 1 aromatic heterocycles. The van der Waals surface area contributed by atoms with Crippen LogP contribution in [-0.4, -0.2) is 33.7 Å². The van der Waals surface area contributed by atoms with E-state index in [2.05, 4.69) is 20.7 Å². The second kappa shape index (κ2) is 8.05. The topological polar surface area (TPSA) is 55.6 Å². The van der Waals surface area contributed by atoms with Gasteiger partial charge in [0.05, 0.1) is 12.6 Å². The number of aromatic nitrogens is 4. The molecule has 11 heteroatoms. The number of benzene rings is 2. The summed E-state index contributed by atoms with van der Waals surface area (Å²) in [6.07, 6.45) is -4.13. The van der Waals surface area contributed by atoms with Gasteiger partial charge in [-0.1, -0.05) is 12.1 Å². The molecule has 2 aromatic carbocycles. The van der Waals surface area contributed by atoms with Crippen LogP contribution >= 0.6 is 0 Å². The quantitative estimate of drug-likeness (QED) is 0.584. The summed E-state index contributed by atoms with van der Waals surface area (Å²) >= 11 is 0. The van der Waals surface area contributed by atoms with Gasteiger partial charge in [-0.3, -0.25) is 0 Å². The molecule has 0 aliphatic rings. The van der Waals surface area contributed by atoms with Crippen molar-refractivity contribution in [2.24, 2.45) is 7.05 Å². The summed E-state index contributed by atoms with van der Waals surface area (Å²) in [5.41, 5.74) is -2.34. The van der Waals surface area contributed by atoms with Crippen molar-refractivity contribution in [1.29, 1.82) is 0 Å². The lowest BCUT2D eigenvalue weighted by atomic mass is 9.79. The van der Waals surface area contributed by atoms with Crippen LogP contribution in [0.25, 0.3) is 0 Å². The summed E-state index contributed by atoms with van der Waals surface area (Å²) in [7, 11) is 2.98. The van der Waals surface area contributed by atoms with E-state index in [0.717, 1.165) is 24.3 Å². The minimum atomic E-state index is -4.57. The van der Waals surface area contributed by atoms with Crippen molar-refractivity contribution in [3.63, 3.8) is 0 Å². The minimum absolute atomic E-state index is 0.0839. The number of nitrogens with zero attached hydrogens (tertiary/aromatic N) is 4. The molecular weight excluding hydrogens is 412 g/mol. The molecule has 3 rings (SSSR count). The van der Waals surface area contributed by atoms with Crippen LogP contribution in [0.4, 0.5) is 26.3 Å².